The smallest absolute Gasteiger partial charge is 0.123 e. The molecule has 22 heavy (non-hydrogen) atoms. The topological polar surface area (TPSA) is 30.5 Å². The Hall–Kier alpha value is -2.00. The van der Waals surface area contributed by atoms with E-state index in [0.29, 0.717) is 12.0 Å². The van der Waals surface area contributed by atoms with Crippen LogP contribution in [0.5, 0.6) is 11.5 Å². The Morgan fingerprint density at radius 1 is 1.18 bits per heavy atom. The SMILES string of the molecule is COc1ccc2c3c1C[C@H](NCc1ccccc1)C[C@H]3CO2. The fourth-order valence-corrected chi connectivity index (χ4v) is 3.74. The summed E-state index contributed by atoms with van der Waals surface area (Å²) >= 11 is 0. The molecule has 2 aromatic carbocycles. The van der Waals surface area contributed by atoms with Gasteiger partial charge in [-0.2, -0.15) is 0 Å². The van der Waals surface area contributed by atoms with Gasteiger partial charge >= 0.3 is 0 Å². The molecule has 0 saturated carbocycles. The average molecular weight is 295 g/mol. The van der Waals surface area contributed by atoms with Gasteiger partial charge < -0.3 is 14.8 Å². The average Bonchev–Trinajstić information content (AvgIpc) is 2.99. The molecule has 2 aromatic rings. The van der Waals surface area contributed by atoms with Gasteiger partial charge in [-0.1, -0.05) is 30.3 Å². The molecular formula is C19H21NO2. The molecule has 0 radical (unpaired) electrons. The number of nitrogens with one attached hydrogen (secondary N) is 1. The van der Waals surface area contributed by atoms with Gasteiger partial charge in [-0.25, -0.2) is 0 Å². The van der Waals surface area contributed by atoms with Crippen LogP contribution in [0, 0.1) is 0 Å². The zero-order chi connectivity index (χ0) is 14.9. The number of hydrogen-bond donors (Lipinski definition) is 1. The van der Waals surface area contributed by atoms with Gasteiger partial charge in [0.05, 0.1) is 13.7 Å². The second-order valence-corrected chi connectivity index (χ2v) is 6.17. The predicted molar refractivity (Wildman–Crippen MR) is 86.6 cm³/mol. The first-order valence-electron chi connectivity index (χ1n) is 7.95. The molecule has 0 bridgehead atoms. The highest BCUT2D eigenvalue weighted by atomic mass is 16.5. The lowest BCUT2D eigenvalue weighted by atomic mass is 9.80. The number of rotatable bonds is 4. The number of ether oxygens (including phenoxy) is 2. The Bertz CT molecular complexity index is 669. The van der Waals surface area contributed by atoms with Crippen molar-refractivity contribution >= 4 is 0 Å². The summed E-state index contributed by atoms with van der Waals surface area (Å²) in [5.74, 6) is 2.56. The summed E-state index contributed by atoms with van der Waals surface area (Å²) in [4.78, 5) is 0. The standard InChI is InChI=1S/C19H21NO2/c1-21-17-7-8-18-19-14(12-22-18)9-15(10-16(17)19)20-11-13-5-3-2-4-6-13/h2-8,14-15,20H,9-12H2,1H3/t14-,15+/m0/s1. The first-order chi connectivity index (χ1) is 10.8. The molecule has 0 aromatic heterocycles. The highest BCUT2D eigenvalue weighted by molar-refractivity contribution is 5.54. The van der Waals surface area contributed by atoms with Gasteiger partial charge in [0, 0.05) is 29.6 Å². The molecule has 3 nitrogen and oxygen atoms in total. The molecule has 1 aliphatic heterocycles. The van der Waals surface area contributed by atoms with Crippen LogP contribution < -0.4 is 14.8 Å². The minimum Gasteiger partial charge on any atom is -0.496 e. The predicted octanol–water partition coefficient (Wildman–Crippen LogP) is 3.28. The number of methoxy groups -OCH3 is 1. The normalized spacial score (nSPS) is 22.0. The molecule has 0 fully saturated rings. The van der Waals surface area contributed by atoms with E-state index in [9.17, 15) is 0 Å². The van der Waals surface area contributed by atoms with Gasteiger partial charge in [-0.3, -0.25) is 0 Å². The monoisotopic (exact) mass is 295 g/mol. The van der Waals surface area contributed by atoms with Crippen LogP contribution >= 0.6 is 0 Å². The Balaban J connectivity index is 1.54. The van der Waals surface area contributed by atoms with E-state index in [1.165, 1.54) is 16.7 Å². The first kappa shape index (κ1) is 13.6. The van der Waals surface area contributed by atoms with E-state index in [2.05, 4.69) is 41.7 Å². The van der Waals surface area contributed by atoms with Gasteiger partial charge in [0.15, 0.2) is 0 Å². The van der Waals surface area contributed by atoms with Crippen molar-refractivity contribution < 1.29 is 9.47 Å². The van der Waals surface area contributed by atoms with Crippen molar-refractivity contribution in [2.75, 3.05) is 13.7 Å². The van der Waals surface area contributed by atoms with E-state index in [0.717, 1.165) is 37.5 Å². The van der Waals surface area contributed by atoms with Gasteiger partial charge in [0.1, 0.15) is 11.5 Å². The quantitative estimate of drug-likeness (QED) is 0.939. The highest BCUT2D eigenvalue weighted by Gasteiger charge is 2.35. The van der Waals surface area contributed by atoms with Crippen LogP contribution in [0.1, 0.15) is 29.0 Å². The summed E-state index contributed by atoms with van der Waals surface area (Å²) in [6.45, 7) is 1.72. The maximum absolute atomic E-state index is 5.85. The molecule has 0 saturated heterocycles. The summed E-state index contributed by atoms with van der Waals surface area (Å²) in [6.07, 6.45) is 2.15. The number of benzene rings is 2. The summed E-state index contributed by atoms with van der Waals surface area (Å²) in [6, 6.07) is 15.1. The Kier molecular flexibility index (Phi) is 3.51. The Morgan fingerprint density at radius 2 is 2.05 bits per heavy atom. The van der Waals surface area contributed by atoms with Crippen LogP contribution in [0.3, 0.4) is 0 Å². The van der Waals surface area contributed by atoms with E-state index in [4.69, 9.17) is 9.47 Å². The largest absolute Gasteiger partial charge is 0.496 e. The molecule has 1 aliphatic carbocycles. The molecule has 114 valence electrons. The van der Waals surface area contributed by atoms with Crippen molar-refractivity contribution in [1.29, 1.82) is 0 Å². The second-order valence-electron chi connectivity index (χ2n) is 6.17. The van der Waals surface area contributed by atoms with E-state index in [1.807, 2.05) is 6.07 Å². The zero-order valence-corrected chi connectivity index (χ0v) is 12.8. The minimum absolute atomic E-state index is 0.476. The lowest BCUT2D eigenvalue weighted by Crippen LogP contribution is -2.35. The molecule has 4 rings (SSSR count). The molecule has 0 amide bonds. The second kappa shape index (κ2) is 5.65. The van der Waals surface area contributed by atoms with Crippen molar-refractivity contribution in [1.82, 2.24) is 5.32 Å². The van der Waals surface area contributed by atoms with Crippen molar-refractivity contribution in [3.8, 4) is 11.5 Å². The van der Waals surface area contributed by atoms with Crippen LogP contribution in [-0.2, 0) is 13.0 Å². The number of hydrogen-bond acceptors (Lipinski definition) is 3. The molecule has 2 atom stereocenters. The van der Waals surface area contributed by atoms with Crippen LogP contribution in [0.25, 0.3) is 0 Å². The Morgan fingerprint density at radius 3 is 2.86 bits per heavy atom. The van der Waals surface area contributed by atoms with Gasteiger partial charge in [-0.15, -0.1) is 0 Å². The van der Waals surface area contributed by atoms with E-state index < -0.39 is 0 Å². The van der Waals surface area contributed by atoms with Crippen LogP contribution in [0.15, 0.2) is 42.5 Å². The fourth-order valence-electron chi connectivity index (χ4n) is 3.74. The van der Waals surface area contributed by atoms with Gasteiger partial charge in [0.2, 0.25) is 0 Å². The first-order valence-corrected chi connectivity index (χ1v) is 7.95. The molecule has 0 unspecified atom stereocenters. The summed E-state index contributed by atoms with van der Waals surface area (Å²) in [7, 11) is 1.75. The fraction of sp³-hybridized carbons (Fsp3) is 0.368. The van der Waals surface area contributed by atoms with E-state index in [1.54, 1.807) is 7.11 Å². The molecule has 1 heterocycles. The van der Waals surface area contributed by atoms with E-state index in [-0.39, 0.29) is 0 Å². The maximum atomic E-state index is 5.85. The summed E-state index contributed by atoms with van der Waals surface area (Å²) in [5.41, 5.74) is 4.05. The zero-order valence-electron chi connectivity index (χ0n) is 12.8. The third kappa shape index (κ3) is 2.35. The Labute approximate surface area is 131 Å². The molecule has 3 heteroatoms. The lowest BCUT2D eigenvalue weighted by molar-refractivity contribution is 0.305. The molecule has 1 N–H and O–H groups in total. The molecule has 0 spiro atoms. The molecular weight excluding hydrogens is 274 g/mol. The highest BCUT2D eigenvalue weighted by Crippen LogP contribution is 2.46. The third-order valence-corrected chi connectivity index (χ3v) is 4.80. The molecule has 2 aliphatic rings. The van der Waals surface area contributed by atoms with Crippen molar-refractivity contribution in [2.24, 2.45) is 0 Å². The lowest BCUT2D eigenvalue weighted by Gasteiger charge is -2.29. The van der Waals surface area contributed by atoms with Crippen LogP contribution in [0.2, 0.25) is 0 Å². The van der Waals surface area contributed by atoms with Crippen molar-refractivity contribution in [2.45, 2.75) is 31.3 Å². The maximum Gasteiger partial charge on any atom is 0.123 e. The van der Waals surface area contributed by atoms with Crippen LogP contribution in [0.4, 0.5) is 0 Å². The third-order valence-electron chi connectivity index (χ3n) is 4.80. The summed E-state index contributed by atoms with van der Waals surface area (Å²) in [5, 5.41) is 3.71. The van der Waals surface area contributed by atoms with Gasteiger partial charge in [-0.05, 0) is 30.5 Å². The van der Waals surface area contributed by atoms with Crippen molar-refractivity contribution in [3.63, 3.8) is 0 Å². The van der Waals surface area contributed by atoms with Crippen molar-refractivity contribution in [3.05, 3.63) is 59.2 Å². The van der Waals surface area contributed by atoms with Gasteiger partial charge in [0.25, 0.3) is 0 Å². The van der Waals surface area contributed by atoms with Crippen LogP contribution in [-0.4, -0.2) is 19.8 Å². The van der Waals surface area contributed by atoms with E-state index >= 15 is 0 Å². The summed E-state index contributed by atoms with van der Waals surface area (Å²) < 4.78 is 11.4. The minimum atomic E-state index is 0.476.